The Morgan fingerprint density at radius 2 is 2.10 bits per heavy atom. The summed E-state index contributed by atoms with van der Waals surface area (Å²) in [5, 5.41) is 7.09. The molecule has 1 aliphatic heterocycles. The van der Waals surface area contributed by atoms with Gasteiger partial charge in [-0.1, -0.05) is 23.7 Å². The molecular formula is C16H24ClN3O. The second-order valence-corrected chi connectivity index (χ2v) is 6.10. The number of carbonyl (C=O) groups is 1. The lowest BCUT2D eigenvalue weighted by molar-refractivity contribution is -0.122. The van der Waals surface area contributed by atoms with E-state index < -0.39 is 0 Å². The van der Waals surface area contributed by atoms with Crippen molar-refractivity contribution in [2.45, 2.75) is 32.4 Å². The maximum absolute atomic E-state index is 11.4. The Bertz CT molecular complexity index is 484. The Balaban J connectivity index is 1.73. The van der Waals surface area contributed by atoms with Gasteiger partial charge in [0.25, 0.3) is 0 Å². The molecule has 1 fully saturated rings. The molecule has 0 bridgehead atoms. The van der Waals surface area contributed by atoms with Crippen molar-refractivity contribution in [3.05, 3.63) is 34.3 Å². The molecule has 1 saturated heterocycles. The standard InChI is InChI=1S/C16H24ClN3O/c1-12-3-4-13(9-15(12)17)10-19-14-5-7-20(8-6-14)11-16(21)18-2/h3-4,9,14,19H,5-8,10-11H2,1-2H3,(H,18,21). The van der Waals surface area contributed by atoms with Gasteiger partial charge in [0.05, 0.1) is 6.54 Å². The van der Waals surface area contributed by atoms with Gasteiger partial charge in [-0.25, -0.2) is 0 Å². The molecule has 1 heterocycles. The van der Waals surface area contributed by atoms with E-state index in [1.54, 1.807) is 7.05 Å². The number of carbonyl (C=O) groups excluding carboxylic acids is 1. The van der Waals surface area contributed by atoms with Crippen LogP contribution in [0.4, 0.5) is 0 Å². The van der Waals surface area contributed by atoms with Crippen molar-refractivity contribution in [3.63, 3.8) is 0 Å². The zero-order chi connectivity index (χ0) is 15.2. The number of nitrogens with one attached hydrogen (secondary N) is 2. The van der Waals surface area contributed by atoms with Crippen molar-refractivity contribution in [1.82, 2.24) is 15.5 Å². The molecule has 1 aromatic carbocycles. The number of likely N-dealkylation sites (N-methyl/N-ethyl adjacent to an activating group) is 1. The van der Waals surface area contributed by atoms with Gasteiger partial charge in [-0.2, -0.15) is 0 Å². The summed E-state index contributed by atoms with van der Waals surface area (Å²) in [4.78, 5) is 13.6. The summed E-state index contributed by atoms with van der Waals surface area (Å²) >= 11 is 6.14. The molecule has 1 aromatic rings. The van der Waals surface area contributed by atoms with E-state index >= 15 is 0 Å². The molecule has 116 valence electrons. The van der Waals surface area contributed by atoms with Crippen LogP contribution in [-0.4, -0.2) is 43.5 Å². The van der Waals surface area contributed by atoms with Crippen LogP contribution >= 0.6 is 11.6 Å². The smallest absolute Gasteiger partial charge is 0.233 e. The summed E-state index contributed by atoms with van der Waals surface area (Å²) in [6, 6.07) is 6.73. The van der Waals surface area contributed by atoms with Crippen LogP contribution in [-0.2, 0) is 11.3 Å². The number of hydrogen-bond acceptors (Lipinski definition) is 3. The molecule has 1 aliphatic rings. The van der Waals surface area contributed by atoms with Crippen molar-refractivity contribution in [1.29, 1.82) is 0 Å². The van der Waals surface area contributed by atoms with E-state index in [0.717, 1.165) is 43.1 Å². The van der Waals surface area contributed by atoms with E-state index in [1.165, 1.54) is 5.56 Å². The van der Waals surface area contributed by atoms with Crippen molar-refractivity contribution in [2.75, 3.05) is 26.7 Å². The molecule has 0 atom stereocenters. The number of likely N-dealkylation sites (tertiary alicyclic amines) is 1. The highest BCUT2D eigenvalue weighted by Gasteiger charge is 2.20. The number of nitrogens with zero attached hydrogens (tertiary/aromatic N) is 1. The summed E-state index contributed by atoms with van der Waals surface area (Å²) in [5.41, 5.74) is 2.33. The monoisotopic (exact) mass is 309 g/mol. The summed E-state index contributed by atoms with van der Waals surface area (Å²) in [6.07, 6.45) is 2.16. The fourth-order valence-corrected chi connectivity index (χ4v) is 2.79. The number of rotatable bonds is 5. The Labute approximate surface area is 131 Å². The van der Waals surface area contributed by atoms with Crippen LogP contribution < -0.4 is 10.6 Å². The van der Waals surface area contributed by atoms with Crippen LogP contribution in [0.15, 0.2) is 18.2 Å². The lowest BCUT2D eigenvalue weighted by Gasteiger charge is -2.31. The Kier molecular flexibility index (Phi) is 6.03. The summed E-state index contributed by atoms with van der Waals surface area (Å²) in [5.74, 6) is 0.0932. The molecular weight excluding hydrogens is 286 g/mol. The molecule has 1 amide bonds. The van der Waals surface area contributed by atoms with Crippen LogP contribution in [0, 0.1) is 6.92 Å². The molecule has 5 heteroatoms. The number of amides is 1. The average Bonchev–Trinajstić information content (AvgIpc) is 2.50. The minimum absolute atomic E-state index is 0.0932. The van der Waals surface area contributed by atoms with Crippen LogP contribution in [0.25, 0.3) is 0 Å². The predicted molar refractivity (Wildman–Crippen MR) is 86.6 cm³/mol. The first-order valence-corrected chi connectivity index (χ1v) is 7.87. The third-order valence-corrected chi connectivity index (χ3v) is 4.47. The maximum Gasteiger partial charge on any atom is 0.233 e. The second kappa shape index (κ2) is 7.78. The van der Waals surface area contributed by atoms with E-state index in [4.69, 9.17) is 11.6 Å². The van der Waals surface area contributed by atoms with Gasteiger partial charge < -0.3 is 10.6 Å². The summed E-state index contributed by atoms with van der Waals surface area (Å²) in [7, 11) is 1.68. The Hall–Kier alpha value is -1.10. The summed E-state index contributed by atoms with van der Waals surface area (Å²) < 4.78 is 0. The number of halogens is 1. The molecule has 4 nitrogen and oxygen atoms in total. The van der Waals surface area contributed by atoms with E-state index in [9.17, 15) is 4.79 Å². The normalized spacial score (nSPS) is 16.9. The zero-order valence-corrected chi connectivity index (χ0v) is 13.5. The minimum Gasteiger partial charge on any atom is -0.358 e. The van der Waals surface area contributed by atoms with Gasteiger partial charge in [0.1, 0.15) is 0 Å². The van der Waals surface area contributed by atoms with Crippen molar-refractivity contribution in [2.24, 2.45) is 0 Å². The van der Waals surface area contributed by atoms with Gasteiger partial charge in [0.2, 0.25) is 5.91 Å². The molecule has 2 N–H and O–H groups in total. The van der Waals surface area contributed by atoms with Crippen LogP contribution in [0.5, 0.6) is 0 Å². The van der Waals surface area contributed by atoms with Gasteiger partial charge in [-0.05, 0) is 37.0 Å². The predicted octanol–water partition coefficient (Wildman–Crippen LogP) is 1.95. The fraction of sp³-hybridized carbons (Fsp3) is 0.562. The quantitative estimate of drug-likeness (QED) is 0.874. The van der Waals surface area contributed by atoms with Crippen molar-refractivity contribution in [3.8, 4) is 0 Å². The number of hydrogen-bond donors (Lipinski definition) is 2. The summed E-state index contributed by atoms with van der Waals surface area (Å²) in [6.45, 7) is 5.32. The average molecular weight is 310 g/mol. The third kappa shape index (κ3) is 4.99. The molecule has 0 aromatic heterocycles. The van der Waals surface area contributed by atoms with E-state index in [1.807, 2.05) is 13.0 Å². The Morgan fingerprint density at radius 1 is 1.38 bits per heavy atom. The lowest BCUT2D eigenvalue weighted by Crippen LogP contribution is -2.45. The lowest BCUT2D eigenvalue weighted by atomic mass is 10.0. The topological polar surface area (TPSA) is 44.4 Å². The number of aryl methyl sites for hydroxylation is 1. The molecule has 0 radical (unpaired) electrons. The highest BCUT2D eigenvalue weighted by molar-refractivity contribution is 6.31. The van der Waals surface area contributed by atoms with Gasteiger partial charge >= 0.3 is 0 Å². The largest absolute Gasteiger partial charge is 0.358 e. The molecule has 2 rings (SSSR count). The van der Waals surface area contributed by atoms with Crippen molar-refractivity contribution < 1.29 is 4.79 Å². The highest BCUT2D eigenvalue weighted by Crippen LogP contribution is 2.17. The second-order valence-electron chi connectivity index (χ2n) is 5.69. The molecule has 0 saturated carbocycles. The molecule has 0 spiro atoms. The number of benzene rings is 1. The van der Waals surface area contributed by atoms with E-state index in [-0.39, 0.29) is 5.91 Å². The molecule has 0 aliphatic carbocycles. The van der Waals surface area contributed by atoms with Crippen LogP contribution in [0.2, 0.25) is 5.02 Å². The van der Waals surface area contributed by atoms with Gasteiger partial charge in [0.15, 0.2) is 0 Å². The van der Waals surface area contributed by atoms with Gasteiger partial charge in [-0.15, -0.1) is 0 Å². The van der Waals surface area contributed by atoms with E-state index in [0.29, 0.717) is 12.6 Å². The van der Waals surface area contributed by atoms with Gasteiger partial charge in [0, 0.05) is 37.7 Å². The maximum atomic E-state index is 11.4. The molecule has 21 heavy (non-hydrogen) atoms. The first-order valence-electron chi connectivity index (χ1n) is 7.50. The fourth-order valence-electron chi connectivity index (χ4n) is 2.59. The van der Waals surface area contributed by atoms with E-state index in [2.05, 4.69) is 27.7 Å². The van der Waals surface area contributed by atoms with Gasteiger partial charge in [-0.3, -0.25) is 9.69 Å². The van der Waals surface area contributed by atoms with Crippen LogP contribution in [0.1, 0.15) is 24.0 Å². The first kappa shape index (κ1) is 16.3. The van der Waals surface area contributed by atoms with Crippen LogP contribution in [0.3, 0.4) is 0 Å². The van der Waals surface area contributed by atoms with Crippen molar-refractivity contribution >= 4 is 17.5 Å². The number of piperidine rings is 1. The first-order chi connectivity index (χ1) is 10.1. The zero-order valence-electron chi connectivity index (χ0n) is 12.8. The third-order valence-electron chi connectivity index (χ3n) is 4.06. The SMILES string of the molecule is CNC(=O)CN1CCC(NCc2ccc(C)c(Cl)c2)CC1. The Morgan fingerprint density at radius 3 is 2.71 bits per heavy atom. The minimum atomic E-state index is 0.0932. The highest BCUT2D eigenvalue weighted by atomic mass is 35.5. The molecule has 0 unspecified atom stereocenters.